The Bertz CT molecular complexity index is 743. The highest BCUT2D eigenvalue weighted by Gasteiger charge is 2.52. The molecule has 2 aliphatic rings. The molecule has 1 aliphatic heterocycles. The van der Waals surface area contributed by atoms with E-state index in [2.05, 4.69) is 37.3 Å². The fourth-order valence-electron chi connectivity index (χ4n) is 3.13. The third kappa shape index (κ3) is 3.32. The Kier molecular flexibility index (Phi) is 4.92. The molecule has 2 fully saturated rings. The molecule has 4 atom stereocenters. The van der Waals surface area contributed by atoms with E-state index in [0.717, 1.165) is 11.1 Å². The molecule has 10 heteroatoms. The number of rotatable bonds is 3. The standard InChI is InChI=1S/C15H13Br2N3O5/c16-11-5-9-10(6-12(11)17)15(23)19(14(9)22)18-13(21)7-2-1-3-8(4-7)20(24)25/h1-4,9-12H,5-6H2,(H,18,21)/t9-,10+,11+,12-. The third-order valence-electron chi connectivity index (χ3n) is 4.44. The summed E-state index contributed by atoms with van der Waals surface area (Å²) >= 11 is 6.97. The van der Waals surface area contributed by atoms with Crippen molar-refractivity contribution in [2.24, 2.45) is 11.8 Å². The molecule has 1 aliphatic carbocycles. The second-order valence-corrected chi connectivity index (χ2v) is 8.33. The zero-order chi connectivity index (χ0) is 18.3. The lowest BCUT2D eigenvalue weighted by molar-refractivity contribution is -0.384. The summed E-state index contributed by atoms with van der Waals surface area (Å²) in [4.78, 5) is 47.6. The number of fused-ring (bicyclic) bond motifs is 1. The number of nitrogens with one attached hydrogen (secondary N) is 1. The summed E-state index contributed by atoms with van der Waals surface area (Å²) in [6.07, 6.45) is 0.989. The summed E-state index contributed by atoms with van der Waals surface area (Å²) in [5.41, 5.74) is 2.04. The Hall–Kier alpha value is -1.81. The van der Waals surface area contributed by atoms with E-state index in [1.807, 2.05) is 0 Å². The van der Waals surface area contributed by atoms with Gasteiger partial charge in [0.25, 0.3) is 23.4 Å². The van der Waals surface area contributed by atoms with E-state index in [4.69, 9.17) is 0 Å². The van der Waals surface area contributed by atoms with Crippen molar-refractivity contribution >= 4 is 55.3 Å². The highest BCUT2D eigenvalue weighted by Crippen LogP contribution is 2.42. The zero-order valence-corrected chi connectivity index (χ0v) is 15.9. The number of hydrogen-bond donors (Lipinski definition) is 1. The minimum absolute atomic E-state index is 0.00130. The lowest BCUT2D eigenvalue weighted by atomic mass is 9.81. The molecule has 1 saturated heterocycles. The van der Waals surface area contributed by atoms with Crippen molar-refractivity contribution in [3.63, 3.8) is 0 Å². The van der Waals surface area contributed by atoms with Gasteiger partial charge < -0.3 is 0 Å². The summed E-state index contributed by atoms with van der Waals surface area (Å²) < 4.78 is 0. The predicted octanol–water partition coefficient (Wildman–Crippen LogP) is 2.16. The van der Waals surface area contributed by atoms with E-state index in [9.17, 15) is 24.5 Å². The Morgan fingerprint density at radius 2 is 1.72 bits per heavy atom. The highest BCUT2D eigenvalue weighted by molar-refractivity contribution is 9.12. The number of alkyl halides is 2. The minimum atomic E-state index is -0.741. The lowest BCUT2D eigenvalue weighted by Crippen LogP contribution is -2.46. The summed E-state index contributed by atoms with van der Waals surface area (Å²) in [5, 5.41) is 11.6. The third-order valence-corrected chi connectivity index (χ3v) is 7.18. The molecular weight excluding hydrogens is 462 g/mol. The quantitative estimate of drug-likeness (QED) is 0.312. The molecule has 1 N–H and O–H groups in total. The number of carbonyl (C=O) groups is 3. The molecule has 0 aromatic heterocycles. The van der Waals surface area contributed by atoms with Crippen LogP contribution in [0.4, 0.5) is 5.69 Å². The van der Waals surface area contributed by atoms with Gasteiger partial charge >= 0.3 is 0 Å². The maximum Gasteiger partial charge on any atom is 0.270 e. The Morgan fingerprint density at radius 1 is 1.16 bits per heavy atom. The molecule has 1 heterocycles. The number of imide groups is 1. The van der Waals surface area contributed by atoms with E-state index in [-0.39, 0.29) is 20.9 Å². The van der Waals surface area contributed by atoms with Crippen molar-refractivity contribution in [1.82, 2.24) is 10.4 Å². The number of nitro benzene ring substituents is 1. The van der Waals surface area contributed by atoms with E-state index in [1.165, 1.54) is 18.2 Å². The van der Waals surface area contributed by atoms with Gasteiger partial charge in [0.1, 0.15) is 0 Å². The van der Waals surface area contributed by atoms with Crippen molar-refractivity contribution in [2.75, 3.05) is 0 Å². The van der Waals surface area contributed by atoms with Crippen LogP contribution in [-0.2, 0) is 9.59 Å². The van der Waals surface area contributed by atoms with E-state index >= 15 is 0 Å². The van der Waals surface area contributed by atoms with Gasteiger partial charge in [0, 0.05) is 27.4 Å². The van der Waals surface area contributed by atoms with Gasteiger partial charge in [0.2, 0.25) is 0 Å². The van der Waals surface area contributed by atoms with Crippen molar-refractivity contribution in [3.05, 3.63) is 39.9 Å². The molecule has 132 valence electrons. The fourth-order valence-corrected chi connectivity index (χ4v) is 4.37. The maximum atomic E-state index is 12.5. The topological polar surface area (TPSA) is 110 Å². The molecule has 25 heavy (non-hydrogen) atoms. The van der Waals surface area contributed by atoms with E-state index in [0.29, 0.717) is 12.8 Å². The van der Waals surface area contributed by atoms with Crippen LogP contribution in [0.3, 0.4) is 0 Å². The van der Waals surface area contributed by atoms with Crippen LogP contribution in [0, 0.1) is 22.0 Å². The average molecular weight is 475 g/mol. The number of hydrazine groups is 1. The van der Waals surface area contributed by atoms with Crippen LogP contribution in [0.15, 0.2) is 24.3 Å². The second-order valence-electron chi connectivity index (χ2n) is 5.98. The van der Waals surface area contributed by atoms with Gasteiger partial charge in [-0.25, -0.2) is 0 Å². The lowest BCUT2D eigenvalue weighted by Gasteiger charge is -2.29. The van der Waals surface area contributed by atoms with Crippen LogP contribution in [0.25, 0.3) is 0 Å². The molecule has 0 radical (unpaired) electrons. The molecule has 1 aromatic carbocycles. The van der Waals surface area contributed by atoms with Crippen LogP contribution in [0.2, 0.25) is 0 Å². The van der Waals surface area contributed by atoms with Gasteiger partial charge in [-0.05, 0) is 18.9 Å². The van der Waals surface area contributed by atoms with Gasteiger partial charge in [-0.2, -0.15) is 5.01 Å². The van der Waals surface area contributed by atoms with Crippen molar-refractivity contribution in [3.8, 4) is 0 Å². The average Bonchev–Trinajstić information content (AvgIpc) is 2.80. The Balaban J connectivity index is 1.78. The van der Waals surface area contributed by atoms with Gasteiger partial charge in [0.05, 0.1) is 16.8 Å². The summed E-state index contributed by atoms with van der Waals surface area (Å²) in [7, 11) is 0. The highest BCUT2D eigenvalue weighted by atomic mass is 79.9. The summed E-state index contributed by atoms with van der Waals surface area (Å²) in [5.74, 6) is -2.59. The van der Waals surface area contributed by atoms with E-state index < -0.39 is 34.5 Å². The predicted molar refractivity (Wildman–Crippen MR) is 94.1 cm³/mol. The number of nitro groups is 1. The number of benzene rings is 1. The largest absolute Gasteiger partial charge is 0.272 e. The monoisotopic (exact) mass is 473 g/mol. The van der Waals surface area contributed by atoms with Gasteiger partial charge in [-0.15, -0.1) is 0 Å². The SMILES string of the molecule is O=C(NN1C(=O)[C@H]2C[C@@H](Br)[C@@H](Br)C[C@H]2C1=O)c1cccc([N+](=O)[O-])c1. The molecular formula is C15H13Br2N3O5. The molecule has 3 amide bonds. The minimum Gasteiger partial charge on any atom is -0.272 e. The summed E-state index contributed by atoms with van der Waals surface area (Å²) in [6, 6.07) is 5.09. The Morgan fingerprint density at radius 3 is 2.24 bits per heavy atom. The molecule has 0 spiro atoms. The second kappa shape index (κ2) is 6.83. The van der Waals surface area contributed by atoms with Crippen molar-refractivity contribution in [1.29, 1.82) is 0 Å². The first-order valence-corrected chi connectivity index (χ1v) is 9.34. The number of amides is 3. The summed E-state index contributed by atoms with van der Waals surface area (Å²) in [6.45, 7) is 0. The fraction of sp³-hybridized carbons (Fsp3) is 0.400. The molecule has 8 nitrogen and oxygen atoms in total. The van der Waals surface area contributed by atoms with Gasteiger partial charge in [0.15, 0.2) is 0 Å². The zero-order valence-electron chi connectivity index (χ0n) is 12.7. The van der Waals surface area contributed by atoms with E-state index in [1.54, 1.807) is 0 Å². The number of non-ortho nitro benzene ring substituents is 1. The number of hydrogen-bond acceptors (Lipinski definition) is 5. The van der Waals surface area contributed by atoms with Gasteiger partial charge in [-0.3, -0.25) is 29.9 Å². The van der Waals surface area contributed by atoms with Crippen molar-refractivity contribution < 1.29 is 19.3 Å². The van der Waals surface area contributed by atoms with Crippen LogP contribution >= 0.6 is 31.9 Å². The molecule has 1 aromatic rings. The van der Waals surface area contributed by atoms with Crippen LogP contribution < -0.4 is 5.43 Å². The molecule has 1 saturated carbocycles. The molecule has 0 bridgehead atoms. The first-order valence-electron chi connectivity index (χ1n) is 7.51. The Labute approximate surface area is 159 Å². The number of nitrogens with zero attached hydrogens (tertiary/aromatic N) is 2. The van der Waals surface area contributed by atoms with Crippen molar-refractivity contribution in [2.45, 2.75) is 22.5 Å². The van der Waals surface area contributed by atoms with Gasteiger partial charge in [-0.1, -0.05) is 37.9 Å². The van der Waals surface area contributed by atoms with Crippen LogP contribution in [0.1, 0.15) is 23.2 Å². The first kappa shape index (κ1) is 18.0. The smallest absolute Gasteiger partial charge is 0.270 e. The molecule has 3 rings (SSSR count). The normalized spacial score (nSPS) is 28.6. The first-order chi connectivity index (χ1) is 11.8. The number of carbonyl (C=O) groups excluding carboxylic acids is 3. The number of halogens is 2. The maximum absolute atomic E-state index is 12.5. The molecule has 0 unspecified atom stereocenters. The van der Waals surface area contributed by atoms with Crippen LogP contribution in [-0.4, -0.2) is 37.3 Å². The van der Waals surface area contributed by atoms with Crippen LogP contribution in [0.5, 0.6) is 0 Å².